The molecule has 0 aromatic heterocycles. The van der Waals surface area contributed by atoms with Crippen LogP contribution in [-0.4, -0.2) is 13.2 Å². The van der Waals surface area contributed by atoms with Gasteiger partial charge >= 0.3 is 12.2 Å². The lowest BCUT2D eigenvalue weighted by molar-refractivity contribution is -0.205. The molecule has 0 radical (unpaired) electrons. The van der Waals surface area contributed by atoms with Gasteiger partial charge in [0.05, 0.1) is 18.8 Å². The van der Waals surface area contributed by atoms with Gasteiger partial charge in [-0.1, -0.05) is 31.6 Å². The summed E-state index contributed by atoms with van der Waals surface area (Å²) in [6.45, 7) is 2.75. The van der Waals surface area contributed by atoms with E-state index in [9.17, 15) is 30.7 Å². The molecule has 1 fully saturated rings. The van der Waals surface area contributed by atoms with Gasteiger partial charge in [-0.15, -0.1) is 0 Å². The van der Waals surface area contributed by atoms with Crippen molar-refractivity contribution in [1.29, 1.82) is 0 Å². The first-order valence-corrected chi connectivity index (χ1v) is 11.0. The van der Waals surface area contributed by atoms with Crippen LogP contribution in [0.2, 0.25) is 0 Å². The van der Waals surface area contributed by atoms with E-state index in [4.69, 9.17) is 9.47 Å². The molecule has 0 amide bonds. The molecule has 0 atom stereocenters. The van der Waals surface area contributed by atoms with E-state index >= 15 is 0 Å². The molecule has 2 aromatic rings. The lowest BCUT2D eigenvalue weighted by atomic mass is 10.1. The Morgan fingerprint density at radius 1 is 1.00 bits per heavy atom. The SMILES string of the molecule is CCCC=CCC1COC(c2ccc(C(F)(F)Oc3cc(F)c(OC=C(F)F)c(F)c3)c(F)c2)OC1. The molecule has 2 aromatic carbocycles. The van der Waals surface area contributed by atoms with Crippen molar-refractivity contribution < 1.29 is 49.7 Å². The van der Waals surface area contributed by atoms with Crippen LogP contribution in [0.25, 0.3) is 0 Å². The Hall–Kier alpha value is -3.05. The van der Waals surface area contributed by atoms with E-state index in [0.29, 0.717) is 25.3 Å². The number of hydrogen-bond donors (Lipinski definition) is 0. The van der Waals surface area contributed by atoms with Gasteiger partial charge in [0, 0.05) is 23.6 Å². The van der Waals surface area contributed by atoms with Crippen LogP contribution in [0.4, 0.5) is 30.7 Å². The van der Waals surface area contributed by atoms with Gasteiger partial charge in [0.15, 0.2) is 29.9 Å². The molecule has 3 rings (SSSR count). The number of ether oxygens (including phenoxy) is 4. The Bertz CT molecular complexity index is 1070. The first-order valence-electron chi connectivity index (χ1n) is 11.0. The summed E-state index contributed by atoms with van der Waals surface area (Å²) in [6.07, 6.45) is -1.01. The van der Waals surface area contributed by atoms with Crippen molar-refractivity contribution >= 4 is 0 Å². The van der Waals surface area contributed by atoms with Gasteiger partial charge in [-0.05, 0) is 25.0 Å². The number of benzene rings is 2. The molecule has 11 heteroatoms. The number of unbranched alkanes of at least 4 members (excludes halogenated alkanes) is 1. The van der Waals surface area contributed by atoms with Crippen LogP contribution in [0, 0.1) is 23.4 Å². The molecule has 0 saturated carbocycles. The summed E-state index contributed by atoms with van der Waals surface area (Å²) in [5, 5.41) is 0. The van der Waals surface area contributed by atoms with E-state index in [1.807, 2.05) is 6.08 Å². The highest BCUT2D eigenvalue weighted by molar-refractivity contribution is 5.36. The summed E-state index contributed by atoms with van der Waals surface area (Å²) in [4.78, 5) is 0. The second-order valence-corrected chi connectivity index (χ2v) is 7.96. The van der Waals surface area contributed by atoms with E-state index in [2.05, 4.69) is 22.5 Å². The third-order valence-corrected chi connectivity index (χ3v) is 5.12. The molecule has 1 aliphatic rings. The molecule has 0 aliphatic carbocycles. The summed E-state index contributed by atoms with van der Waals surface area (Å²) >= 11 is 0. The molecule has 0 spiro atoms. The van der Waals surface area contributed by atoms with Crippen LogP contribution >= 0.6 is 0 Å². The van der Waals surface area contributed by atoms with Crippen molar-refractivity contribution in [3.8, 4) is 11.5 Å². The first kappa shape index (κ1) is 27.5. The molecule has 1 saturated heterocycles. The second kappa shape index (κ2) is 12.3. The third-order valence-electron chi connectivity index (χ3n) is 5.12. The minimum atomic E-state index is -4.33. The van der Waals surface area contributed by atoms with Crippen molar-refractivity contribution in [2.45, 2.75) is 38.6 Å². The fourth-order valence-electron chi connectivity index (χ4n) is 3.37. The molecule has 4 nitrogen and oxygen atoms in total. The highest BCUT2D eigenvalue weighted by Crippen LogP contribution is 2.37. The van der Waals surface area contributed by atoms with Crippen LogP contribution in [0.3, 0.4) is 0 Å². The zero-order valence-corrected chi connectivity index (χ0v) is 19.1. The zero-order chi connectivity index (χ0) is 26.3. The fraction of sp³-hybridized carbons (Fsp3) is 0.360. The lowest BCUT2D eigenvalue weighted by Gasteiger charge is -2.29. The smallest absolute Gasteiger partial charge is 0.429 e. The molecule has 196 valence electrons. The number of hydrogen-bond acceptors (Lipinski definition) is 4. The predicted octanol–water partition coefficient (Wildman–Crippen LogP) is 7.76. The summed E-state index contributed by atoms with van der Waals surface area (Å²) in [5.41, 5.74) is -1.04. The minimum Gasteiger partial charge on any atom is -0.453 e. The van der Waals surface area contributed by atoms with E-state index in [-0.39, 0.29) is 17.7 Å². The average Bonchev–Trinajstić information content (AvgIpc) is 2.81. The van der Waals surface area contributed by atoms with Crippen molar-refractivity contribution in [1.82, 2.24) is 0 Å². The number of rotatable bonds is 10. The monoisotopic (exact) mass is 520 g/mol. The molecule has 0 bridgehead atoms. The Morgan fingerprint density at radius 2 is 1.67 bits per heavy atom. The average molecular weight is 520 g/mol. The number of halogens is 7. The van der Waals surface area contributed by atoms with Gasteiger partial charge < -0.3 is 18.9 Å². The molecular formula is C25H23F7O4. The Balaban J connectivity index is 1.67. The molecule has 0 N–H and O–H groups in total. The normalized spacial score (nSPS) is 18.3. The lowest BCUT2D eigenvalue weighted by Crippen LogP contribution is -2.27. The molecule has 1 aliphatic heterocycles. The van der Waals surface area contributed by atoms with E-state index in [1.54, 1.807) is 0 Å². The van der Waals surface area contributed by atoms with Crippen molar-refractivity contribution in [2.24, 2.45) is 5.92 Å². The van der Waals surface area contributed by atoms with E-state index in [1.165, 1.54) is 0 Å². The summed E-state index contributed by atoms with van der Waals surface area (Å²) in [6, 6.07) is 3.29. The Morgan fingerprint density at radius 3 is 2.25 bits per heavy atom. The maximum atomic E-state index is 14.6. The third kappa shape index (κ3) is 7.23. The molecule has 1 heterocycles. The largest absolute Gasteiger partial charge is 0.453 e. The molecule has 36 heavy (non-hydrogen) atoms. The predicted molar refractivity (Wildman–Crippen MR) is 115 cm³/mol. The maximum Gasteiger partial charge on any atom is 0.429 e. The van der Waals surface area contributed by atoms with E-state index in [0.717, 1.165) is 37.5 Å². The number of allylic oxidation sites excluding steroid dienone is 2. The topological polar surface area (TPSA) is 36.9 Å². The maximum absolute atomic E-state index is 14.6. The van der Waals surface area contributed by atoms with Gasteiger partial charge in [0.25, 0.3) is 0 Å². The van der Waals surface area contributed by atoms with Crippen molar-refractivity contribution in [3.63, 3.8) is 0 Å². The van der Waals surface area contributed by atoms with Crippen LogP contribution in [0.5, 0.6) is 11.5 Å². The van der Waals surface area contributed by atoms with Gasteiger partial charge in [0.2, 0.25) is 0 Å². The summed E-state index contributed by atoms with van der Waals surface area (Å²) in [7, 11) is 0. The van der Waals surface area contributed by atoms with Crippen LogP contribution in [0.15, 0.2) is 54.8 Å². The van der Waals surface area contributed by atoms with Crippen molar-refractivity contribution in [3.05, 3.63) is 83.4 Å². The Labute approximate surface area is 202 Å². The fourth-order valence-corrected chi connectivity index (χ4v) is 3.37. The van der Waals surface area contributed by atoms with Gasteiger partial charge in [-0.25, -0.2) is 13.2 Å². The summed E-state index contributed by atoms with van der Waals surface area (Å²) < 4.78 is 115. The Kier molecular flexibility index (Phi) is 9.38. The quantitative estimate of drug-likeness (QED) is 0.182. The van der Waals surface area contributed by atoms with Crippen LogP contribution in [0.1, 0.15) is 43.6 Å². The molecular weight excluding hydrogens is 497 g/mol. The van der Waals surface area contributed by atoms with Gasteiger partial charge in [0.1, 0.15) is 11.6 Å². The summed E-state index contributed by atoms with van der Waals surface area (Å²) in [5.74, 6) is -6.69. The van der Waals surface area contributed by atoms with Crippen LogP contribution in [-0.2, 0) is 15.6 Å². The minimum absolute atomic E-state index is 0.112. The highest BCUT2D eigenvalue weighted by Gasteiger charge is 2.39. The zero-order valence-electron chi connectivity index (χ0n) is 19.1. The second-order valence-electron chi connectivity index (χ2n) is 7.96. The standard InChI is InChI=1S/C25H23F7O4/c1-2-3-4-5-6-15-12-34-24(35-13-15)16-7-8-18(19(26)9-16)25(31,32)36-17-10-20(27)23(21(28)11-17)33-14-22(29)30/h4-5,7-11,14-15,24H,2-3,6,12-13H2,1H3. The number of alkyl halides is 2. The van der Waals surface area contributed by atoms with E-state index < -0.39 is 53.0 Å². The van der Waals surface area contributed by atoms with Gasteiger partial charge in [-0.3, -0.25) is 0 Å². The van der Waals surface area contributed by atoms with Crippen LogP contribution < -0.4 is 9.47 Å². The first-order chi connectivity index (χ1) is 17.1. The molecule has 0 unspecified atom stereocenters. The highest BCUT2D eigenvalue weighted by atomic mass is 19.3. The van der Waals surface area contributed by atoms with Gasteiger partial charge in [-0.2, -0.15) is 17.6 Å². The van der Waals surface area contributed by atoms with Crippen molar-refractivity contribution in [2.75, 3.05) is 13.2 Å².